The number of benzene rings is 2. The summed E-state index contributed by atoms with van der Waals surface area (Å²) in [6, 6.07) is 15.6. The Hall–Kier alpha value is -4.28. The second-order valence-electron chi connectivity index (χ2n) is 12.8. The lowest BCUT2D eigenvalue weighted by Crippen LogP contribution is -2.58. The summed E-state index contributed by atoms with van der Waals surface area (Å²) < 4.78 is 12.2. The number of esters is 1. The van der Waals surface area contributed by atoms with E-state index in [0.29, 0.717) is 24.8 Å². The monoisotopic (exact) mass is 643 g/mol. The van der Waals surface area contributed by atoms with Crippen molar-refractivity contribution in [3.63, 3.8) is 0 Å². The second-order valence-corrected chi connectivity index (χ2v) is 12.8. The summed E-state index contributed by atoms with van der Waals surface area (Å²) in [4.78, 5) is 59.0. The highest BCUT2D eigenvalue weighted by atomic mass is 16.5. The topological polar surface area (TPSA) is 125 Å². The van der Waals surface area contributed by atoms with Crippen molar-refractivity contribution >= 4 is 23.7 Å². The van der Waals surface area contributed by atoms with Gasteiger partial charge in [-0.15, -0.1) is 13.2 Å². The second kappa shape index (κ2) is 14.6. The Bertz CT molecular complexity index is 1460. The average Bonchev–Trinajstić information content (AvgIpc) is 3.73. The first-order chi connectivity index (χ1) is 22.7. The molecule has 3 saturated heterocycles. The Kier molecular flexibility index (Phi) is 10.6. The minimum absolute atomic E-state index is 0.0908. The van der Waals surface area contributed by atoms with Crippen LogP contribution in [0.2, 0.25) is 0 Å². The van der Waals surface area contributed by atoms with Crippen LogP contribution in [0.5, 0.6) is 0 Å². The Morgan fingerprint density at radius 1 is 1.09 bits per heavy atom. The van der Waals surface area contributed by atoms with Crippen molar-refractivity contribution in [3.05, 3.63) is 97.1 Å². The number of amides is 3. The molecule has 2 aromatic carbocycles. The van der Waals surface area contributed by atoms with Gasteiger partial charge in [-0.3, -0.25) is 19.2 Å². The molecule has 250 valence electrons. The normalized spacial score (nSPS) is 25.6. The molecule has 0 unspecified atom stereocenters. The van der Waals surface area contributed by atoms with Gasteiger partial charge in [-0.1, -0.05) is 72.8 Å². The molecule has 0 aliphatic carbocycles. The van der Waals surface area contributed by atoms with Gasteiger partial charge >= 0.3 is 5.97 Å². The van der Waals surface area contributed by atoms with E-state index >= 15 is 0 Å². The van der Waals surface area contributed by atoms with Gasteiger partial charge in [-0.25, -0.2) is 0 Å². The predicted octanol–water partition coefficient (Wildman–Crippen LogP) is 3.88. The Morgan fingerprint density at radius 3 is 2.34 bits per heavy atom. The maximum Gasteiger partial charge on any atom is 0.306 e. The van der Waals surface area contributed by atoms with E-state index in [1.54, 1.807) is 17.1 Å². The fourth-order valence-electron chi connectivity index (χ4n) is 7.53. The predicted molar refractivity (Wildman–Crippen MR) is 175 cm³/mol. The lowest BCUT2D eigenvalue weighted by molar-refractivity contribution is -0.152. The van der Waals surface area contributed by atoms with E-state index in [4.69, 9.17) is 9.47 Å². The number of ether oxygens (including phenoxy) is 2. The number of carbonyl (C=O) groups is 4. The summed E-state index contributed by atoms with van der Waals surface area (Å²) in [5, 5.41) is 13.8. The first-order valence-electron chi connectivity index (χ1n) is 16.4. The molecule has 3 amide bonds. The van der Waals surface area contributed by atoms with Gasteiger partial charge in [0.05, 0.1) is 36.6 Å². The molecule has 5 rings (SSSR count). The molecule has 2 aromatic rings. The highest BCUT2D eigenvalue weighted by Crippen LogP contribution is 2.60. The van der Waals surface area contributed by atoms with Crippen LogP contribution in [0.4, 0.5) is 0 Å². The van der Waals surface area contributed by atoms with Gasteiger partial charge in [0, 0.05) is 19.0 Å². The van der Waals surface area contributed by atoms with Crippen molar-refractivity contribution in [2.24, 2.45) is 11.8 Å². The quantitative estimate of drug-likeness (QED) is 0.223. The number of allylic oxidation sites excluding steroid dienone is 1. The maximum absolute atomic E-state index is 14.7. The van der Waals surface area contributed by atoms with Gasteiger partial charge in [-0.05, 0) is 44.2 Å². The van der Waals surface area contributed by atoms with Gasteiger partial charge in [0.2, 0.25) is 17.7 Å². The lowest BCUT2D eigenvalue weighted by atomic mass is 9.70. The molecule has 0 aromatic heterocycles. The number of rotatable bonds is 15. The first-order valence-corrected chi connectivity index (χ1v) is 16.4. The van der Waals surface area contributed by atoms with Crippen molar-refractivity contribution in [1.29, 1.82) is 0 Å². The molecule has 0 radical (unpaired) electrons. The van der Waals surface area contributed by atoms with Crippen LogP contribution in [0.25, 0.3) is 0 Å². The summed E-state index contributed by atoms with van der Waals surface area (Å²) in [7, 11) is 0. The van der Waals surface area contributed by atoms with Crippen LogP contribution in [0, 0.1) is 11.8 Å². The zero-order valence-corrected chi connectivity index (χ0v) is 27.1. The van der Waals surface area contributed by atoms with Crippen LogP contribution >= 0.6 is 0 Å². The highest BCUT2D eigenvalue weighted by Gasteiger charge is 2.75. The number of nitrogens with one attached hydrogen (secondary N) is 1. The standard InChI is InChI=1S/C37H45N3O7/c1-5-7-18-30(42)46-23-27(25-14-10-8-11-15-25)38-34(43)31-29-19-20-37(47-29)32(31)35(44)40(28(22-41)26-16-12-9-13-17-26)33(37)36(45)39(21-6-2)24(3)4/h5-6,8-17,24,27-29,31-33,41H,1-2,7,18-23H2,3-4H3,(H,38,43)/t27-,28-,29+,31-,32-,33+,37-/m1/s1. The smallest absolute Gasteiger partial charge is 0.306 e. The fourth-order valence-corrected chi connectivity index (χ4v) is 7.53. The molecule has 2 N–H and O–H groups in total. The van der Waals surface area contributed by atoms with Crippen molar-refractivity contribution in [1.82, 2.24) is 15.1 Å². The van der Waals surface area contributed by atoms with Gasteiger partial charge in [-0.2, -0.15) is 0 Å². The molecule has 3 aliphatic heterocycles. The van der Waals surface area contributed by atoms with E-state index in [0.717, 1.165) is 5.56 Å². The van der Waals surface area contributed by atoms with Crippen molar-refractivity contribution in [3.8, 4) is 0 Å². The average molecular weight is 644 g/mol. The van der Waals surface area contributed by atoms with Crippen LogP contribution in [0.15, 0.2) is 86.0 Å². The largest absolute Gasteiger partial charge is 0.463 e. The molecule has 7 atom stereocenters. The minimum atomic E-state index is -1.25. The van der Waals surface area contributed by atoms with E-state index in [1.807, 2.05) is 74.5 Å². The van der Waals surface area contributed by atoms with E-state index < -0.39 is 66.1 Å². The van der Waals surface area contributed by atoms with Crippen molar-refractivity contribution < 1.29 is 33.8 Å². The molecular weight excluding hydrogens is 598 g/mol. The van der Waals surface area contributed by atoms with Crippen molar-refractivity contribution in [2.45, 2.75) is 75.4 Å². The van der Waals surface area contributed by atoms with Crippen LogP contribution in [0.3, 0.4) is 0 Å². The molecule has 2 bridgehead atoms. The highest BCUT2D eigenvalue weighted by molar-refractivity contribution is 5.99. The Morgan fingerprint density at radius 2 is 1.74 bits per heavy atom. The molecule has 3 fully saturated rings. The van der Waals surface area contributed by atoms with E-state index in [2.05, 4.69) is 18.5 Å². The molecule has 47 heavy (non-hydrogen) atoms. The summed E-state index contributed by atoms with van der Waals surface area (Å²) in [5.74, 6) is -3.36. The number of carbonyl (C=O) groups excluding carboxylic acids is 4. The summed E-state index contributed by atoms with van der Waals surface area (Å²) >= 11 is 0. The summed E-state index contributed by atoms with van der Waals surface area (Å²) in [5.41, 5.74) is 0.164. The summed E-state index contributed by atoms with van der Waals surface area (Å²) in [6.07, 6.45) is 4.26. The molecule has 3 heterocycles. The van der Waals surface area contributed by atoms with Gasteiger partial charge in [0.25, 0.3) is 0 Å². The zero-order valence-electron chi connectivity index (χ0n) is 27.1. The summed E-state index contributed by atoms with van der Waals surface area (Å²) in [6.45, 7) is 11.0. The van der Waals surface area contributed by atoms with E-state index in [1.165, 1.54) is 4.90 Å². The van der Waals surface area contributed by atoms with E-state index in [-0.39, 0.29) is 31.5 Å². The lowest BCUT2D eigenvalue weighted by Gasteiger charge is -2.40. The van der Waals surface area contributed by atoms with Crippen LogP contribution in [-0.2, 0) is 28.7 Å². The number of aliphatic hydroxyl groups excluding tert-OH is 1. The molecule has 10 nitrogen and oxygen atoms in total. The number of nitrogens with zero attached hydrogens (tertiary/aromatic N) is 2. The molecular formula is C37H45N3O7. The Balaban J connectivity index is 1.50. The van der Waals surface area contributed by atoms with E-state index in [9.17, 15) is 24.3 Å². The molecule has 1 spiro atoms. The maximum atomic E-state index is 14.7. The first kappa shape index (κ1) is 34.1. The molecule has 3 aliphatic rings. The SMILES string of the molecule is C=CCCC(=O)OC[C@@H](NC(=O)[C@@H]1[C@@H]2CC[C@]3(O2)[C@H](C(=O)N(CC=C)C(C)C)N([C@H](CO)c2ccccc2)C(=O)[C@@H]13)c1ccccc1. The molecule has 0 saturated carbocycles. The third-order valence-electron chi connectivity index (χ3n) is 9.68. The van der Waals surface area contributed by atoms with Crippen LogP contribution in [0.1, 0.15) is 62.7 Å². The number of likely N-dealkylation sites (tertiary alicyclic amines) is 1. The zero-order chi connectivity index (χ0) is 33.7. The number of hydrogen-bond donors (Lipinski definition) is 2. The molecule has 10 heteroatoms. The van der Waals surface area contributed by atoms with Gasteiger partial charge in [0.1, 0.15) is 18.2 Å². The minimum Gasteiger partial charge on any atom is -0.463 e. The third kappa shape index (κ3) is 6.49. The fraction of sp³-hybridized carbons (Fsp3) is 0.459. The Labute approximate surface area is 276 Å². The number of hydrogen-bond acceptors (Lipinski definition) is 7. The van der Waals surface area contributed by atoms with Crippen molar-refractivity contribution in [2.75, 3.05) is 19.8 Å². The van der Waals surface area contributed by atoms with Crippen LogP contribution < -0.4 is 5.32 Å². The van der Waals surface area contributed by atoms with Gasteiger partial charge < -0.3 is 29.7 Å². The number of fused-ring (bicyclic) bond motifs is 1. The van der Waals surface area contributed by atoms with Crippen LogP contribution in [-0.4, -0.2) is 82.1 Å². The van der Waals surface area contributed by atoms with Gasteiger partial charge in [0.15, 0.2) is 0 Å². The third-order valence-corrected chi connectivity index (χ3v) is 9.68. The number of aliphatic hydroxyl groups is 1.